The number of amides is 1. The molecule has 104 valence electrons. The van der Waals surface area contributed by atoms with Crippen molar-refractivity contribution in [3.63, 3.8) is 0 Å². The summed E-state index contributed by atoms with van der Waals surface area (Å²) in [5.74, 6) is 1.55. The SMILES string of the molecule is CC1CCC(CCNC(=O)c2ccncc2N)CC1. The zero-order chi connectivity index (χ0) is 13.7. The molecule has 3 N–H and O–H groups in total. The first-order valence-electron chi connectivity index (χ1n) is 7.14. The number of aromatic nitrogens is 1. The van der Waals surface area contributed by atoms with E-state index in [2.05, 4.69) is 17.2 Å². The third kappa shape index (κ3) is 3.94. The summed E-state index contributed by atoms with van der Waals surface area (Å²) >= 11 is 0. The second kappa shape index (κ2) is 6.55. The summed E-state index contributed by atoms with van der Waals surface area (Å²) < 4.78 is 0. The number of hydrogen-bond donors (Lipinski definition) is 2. The van der Waals surface area contributed by atoms with E-state index in [0.29, 0.717) is 11.3 Å². The van der Waals surface area contributed by atoms with Gasteiger partial charge in [0.15, 0.2) is 0 Å². The lowest BCUT2D eigenvalue weighted by Crippen LogP contribution is -2.27. The topological polar surface area (TPSA) is 68.0 Å². The molecule has 2 rings (SSSR count). The minimum absolute atomic E-state index is 0.0934. The van der Waals surface area contributed by atoms with Gasteiger partial charge in [-0.3, -0.25) is 9.78 Å². The fourth-order valence-electron chi connectivity index (χ4n) is 2.72. The predicted molar refractivity (Wildman–Crippen MR) is 76.7 cm³/mol. The third-order valence-corrected chi connectivity index (χ3v) is 4.07. The van der Waals surface area contributed by atoms with Gasteiger partial charge in [0.25, 0.3) is 5.91 Å². The summed E-state index contributed by atoms with van der Waals surface area (Å²) in [6.45, 7) is 3.06. The quantitative estimate of drug-likeness (QED) is 0.875. The third-order valence-electron chi connectivity index (χ3n) is 4.07. The second-order valence-electron chi connectivity index (χ2n) is 5.63. The Morgan fingerprint density at radius 1 is 1.42 bits per heavy atom. The van der Waals surface area contributed by atoms with E-state index in [1.165, 1.54) is 31.9 Å². The molecule has 0 spiro atoms. The number of pyridine rings is 1. The van der Waals surface area contributed by atoms with Gasteiger partial charge in [0.2, 0.25) is 0 Å². The Kier molecular flexibility index (Phi) is 4.77. The number of anilines is 1. The number of nitrogens with two attached hydrogens (primary N) is 1. The Labute approximate surface area is 114 Å². The van der Waals surface area contributed by atoms with E-state index in [-0.39, 0.29) is 5.91 Å². The first-order chi connectivity index (χ1) is 9.16. The maximum absolute atomic E-state index is 11.9. The van der Waals surface area contributed by atoms with Gasteiger partial charge in [0.05, 0.1) is 17.4 Å². The number of nitrogens with zero attached hydrogens (tertiary/aromatic N) is 1. The summed E-state index contributed by atoms with van der Waals surface area (Å²) in [7, 11) is 0. The van der Waals surface area contributed by atoms with Crippen molar-refractivity contribution in [3.8, 4) is 0 Å². The van der Waals surface area contributed by atoms with E-state index in [1.54, 1.807) is 12.3 Å². The van der Waals surface area contributed by atoms with Crippen LogP contribution in [0.5, 0.6) is 0 Å². The Balaban J connectivity index is 1.74. The molecular formula is C15H23N3O. The average Bonchev–Trinajstić information content (AvgIpc) is 2.41. The van der Waals surface area contributed by atoms with Gasteiger partial charge in [-0.15, -0.1) is 0 Å². The van der Waals surface area contributed by atoms with Crippen LogP contribution in [0.25, 0.3) is 0 Å². The lowest BCUT2D eigenvalue weighted by molar-refractivity contribution is 0.0950. The molecule has 1 fully saturated rings. The predicted octanol–water partition coefficient (Wildman–Crippen LogP) is 2.61. The van der Waals surface area contributed by atoms with Crippen molar-refractivity contribution in [3.05, 3.63) is 24.0 Å². The molecule has 1 saturated carbocycles. The van der Waals surface area contributed by atoms with Gasteiger partial charge in [-0.05, 0) is 24.3 Å². The van der Waals surface area contributed by atoms with Crippen LogP contribution in [0.1, 0.15) is 49.4 Å². The second-order valence-corrected chi connectivity index (χ2v) is 5.63. The van der Waals surface area contributed by atoms with Crippen molar-refractivity contribution in [2.24, 2.45) is 11.8 Å². The van der Waals surface area contributed by atoms with E-state index in [4.69, 9.17) is 5.73 Å². The van der Waals surface area contributed by atoms with Crippen molar-refractivity contribution in [1.29, 1.82) is 0 Å². The highest BCUT2D eigenvalue weighted by atomic mass is 16.1. The highest BCUT2D eigenvalue weighted by molar-refractivity contribution is 5.98. The smallest absolute Gasteiger partial charge is 0.253 e. The average molecular weight is 261 g/mol. The maximum atomic E-state index is 11.9. The Morgan fingerprint density at radius 3 is 2.84 bits per heavy atom. The molecule has 0 atom stereocenters. The largest absolute Gasteiger partial charge is 0.397 e. The minimum Gasteiger partial charge on any atom is -0.397 e. The van der Waals surface area contributed by atoms with Crippen molar-refractivity contribution in [2.45, 2.75) is 39.0 Å². The monoisotopic (exact) mass is 261 g/mol. The Bertz CT molecular complexity index is 425. The number of rotatable bonds is 4. The molecule has 1 heterocycles. The van der Waals surface area contributed by atoms with Crippen LogP contribution >= 0.6 is 0 Å². The summed E-state index contributed by atoms with van der Waals surface area (Å²) in [6.07, 6.45) is 9.43. The standard InChI is InChI=1S/C15H23N3O/c1-11-2-4-12(5-3-11)6-9-18-15(19)13-7-8-17-10-14(13)16/h7-8,10-12H,2-6,9,16H2,1H3,(H,18,19). The lowest BCUT2D eigenvalue weighted by atomic mass is 9.81. The summed E-state index contributed by atoms with van der Waals surface area (Å²) in [6, 6.07) is 1.66. The van der Waals surface area contributed by atoms with E-state index in [9.17, 15) is 4.79 Å². The Morgan fingerprint density at radius 2 is 2.16 bits per heavy atom. The van der Waals surface area contributed by atoms with Crippen LogP contribution in [0.4, 0.5) is 5.69 Å². The Hall–Kier alpha value is -1.58. The van der Waals surface area contributed by atoms with Crippen LogP contribution in [-0.2, 0) is 0 Å². The fraction of sp³-hybridized carbons (Fsp3) is 0.600. The number of carbonyl (C=O) groups is 1. The number of carbonyl (C=O) groups excluding carboxylic acids is 1. The molecule has 4 heteroatoms. The molecule has 0 saturated heterocycles. The van der Waals surface area contributed by atoms with Gasteiger partial charge in [-0.25, -0.2) is 0 Å². The molecule has 0 radical (unpaired) electrons. The molecule has 1 amide bonds. The highest BCUT2D eigenvalue weighted by Crippen LogP contribution is 2.29. The van der Waals surface area contributed by atoms with E-state index in [0.717, 1.165) is 24.8 Å². The molecule has 0 unspecified atom stereocenters. The lowest BCUT2D eigenvalue weighted by Gasteiger charge is -2.26. The molecule has 1 aromatic heterocycles. The van der Waals surface area contributed by atoms with Crippen LogP contribution in [0.3, 0.4) is 0 Å². The van der Waals surface area contributed by atoms with Crippen LogP contribution in [0.2, 0.25) is 0 Å². The molecule has 4 nitrogen and oxygen atoms in total. The first kappa shape index (κ1) is 13.8. The van der Waals surface area contributed by atoms with Gasteiger partial charge >= 0.3 is 0 Å². The zero-order valence-electron chi connectivity index (χ0n) is 11.6. The van der Waals surface area contributed by atoms with Gasteiger partial charge in [-0.2, -0.15) is 0 Å². The van der Waals surface area contributed by atoms with E-state index >= 15 is 0 Å². The van der Waals surface area contributed by atoms with Crippen LogP contribution in [-0.4, -0.2) is 17.4 Å². The molecule has 19 heavy (non-hydrogen) atoms. The van der Waals surface area contributed by atoms with Gasteiger partial charge in [0.1, 0.15) is 0 Å². The van der Waals surface area contributed by atoms with Gasteiger partial charge in [0, 0.05) is 12.7 Å². The van der Waals surface area contributed by atoms with Crippen molar-refractivity contribution >= 4 is 11.6 Å². The molecule has 0 bridgehead atoms. The molecule has 1 aliphatic carbocycles. The number of nitrogen functional groups attached to an aromatic ring is 1. The van der Waals surface area contributed by atoms with Crippen LogP contribution in [0, 0.1) is 11.8 Å². The molecular weight excluding hydrogens is 238 g/mol. The summed E-state index contributed by atoms with van der Waals surface area (Å²) in [5, 5.41) is 2.95. The van der Waals surface area contributed by atoms with E-state index in [1.807, 2.05) is 0 Å². The number of nitrogens with one attached hydrogen (secondary N) is 1. The highest BCUT2D eigenvalue weighted by Gasteiger charge is 2.18. The zero-order valence-corrected chi connectivity index (χ0v) is 11.6. The summed E-state index contributed by atoms with van der Waals surface area (Å²) in [5.41, 5.74) is 6.69. The molecule has 1 aliphatic rings. The van der Waals surface area contributed by atoms with Crippen LogP contribution < -0.4 is 11.1 Å². The fourth-order valence-corrected chi connectivity index (χ4v) is 2.72. The maximum Gasteiger partial charge on any atom is 0.253 e. The van der Waals surface area contributed by atoms with Crippen LogP contribution in [0.15, 0.2) is 18.5 Å². The van der Waals surface area contributed by atoms with Crippen molar-refractivity contribution in [1.82, 2.24) is 10.3 Å². The first-order valence-corrected chi connectivity index (χ1v) is 7.14. The van der Waals surface area contributed by atoms with Crippen molar-refractivity contribution < 1.29 is 4.79 Å². The van der Waals surface area contributed by atoms with E-state index < -0.39 is 0 Å². The molecule has 1 aromatic rings. The number of hydrogen-bond acceptors (Lipinski definition) is 3. The molecule has 0 aliphatic heterocycles. The van der Waals surface area contributed by atoms with Crippen molar-refractivity contribution in [2.75, 3.05) is 12.3 Å². The minimum atomic E-state index is -0.0934. The molecule has 0 aromatic carbocycles. The van der Waals surface area contributed by atoms with Gasteiger partial charge < -0.3 is 11.1 Å². The van der Waals surface area contributed by atoms with Gasteiger partial charge in [-0.1, -0.05) is 32.6 Å². The normalized spacial score (nSPS) is 23.0. The summed E-state index contributed by atoms with van der Waals surface area (Å²) in [4.78, 5) is 15.8.